The lowest BCUT2D eigenvalue weighted by molar-refractivity contribution is -0.136. The fourth-order valence-electron chi connectivity index (χ4n) is 1.53. The van der Waals surface area contributed by atoms with Gasteiger partial charge in [0.25, 0.3) is 0 Å². The van der Waals surface area contributed by atoms with Crippen LogP contribution in [0.2, 0.25) is 5.02 Å². The number of benzene rings is 1. The van der Waals surface area contributed by atoms with Crippen LogP contribution in [0.3, 0.4) is 0 Å². The summed E-state index contributed by atoms with van der Waals surface area (Å²) in [5, 5.41) is 11.2. The van der Waals surface area contributed by atoms with Crippen LogP contribution in [-0.4, -0.2) is 16.1 Å². The molecule has 0 saturated heterocycles. The molecule has 1 aromatic carbocycles. The number of halogens is 1. The number of aryl methyl sites for hydroxylation is 1. The number of fused-ring (bicyclic) bond motifs is 1. The Balaban J connectivity index is 2.31. The van der Waals surface area contributed by atoms with Gasteiger partial charge in [0.2, 0.25) is 0 Å². The zero-order valence-electron chi connectivity index (χ0n) is 8.48. The molecule has 0 spiro atoms. The molecule has 0 aliphatic heterocycles. The summed E-state index contributed by atoms with van der Waals surface area (Å²) in [5.74, 6) is -0.812. The summed E-state index contributed by atoms with van der Waals surface area (Å²) in [6.07, 6.45) is 2.28. The smallest absolute Gasteiger partial charge is 0.303 e. The van der Waals surface area contributed by atoms with Crippen molar-refractivity contribution in [2.45, 2.75) is 12.8 Å². The molecule has 1 aromatic heterocycles. The van der Waals surface area contributed by atoms with Gasteiger partial charge in [-0.05, 0) is 23.6 Å². The molecule has 2 aromatic rings. The molecular formula is C12H10ClNO2. The van der Waals surface area contributed by atoms with E-state index in [0.29, 0.717) is 11.4 Å². The summed E-state index contributed by atoms with van der Waals surface area (Å²) in [4.78, 5) is 14.6. The molecule has 2 rings (SSSR count). The van der Waals surface area contributed by atoms with E-state index in [-0.39, 0.29) is 6.42 Å². The third-order valence-electron chi connectivity index (χ3n) is 2.34. The lowest BCUT2D eigenvalue weighted by Gasteiger charge is -2.02. The van der Waals surface area contributed by atoms with Gasteiger partial charge >= 0.3 is 5.97 Å². The van der Waals surface area contributed by atoms with Crippen LogP contribution in [0.4, 0.5) is 0 Å². The average Bonchev–Trinajstić information content (AvgIpc) is 2.25. The molecule has 82 valence electrons. The molecule has 1 heterocycles. The summed E-state index contributed by atoms with van der Waals surface area (Å²) >= 11 is 5.88. The monoisotopic (exact) mass is 235 g/mol. The molecule has 0 saturated carbocycles. The first-order valence-electron chi connectivity index (χ1n) is 4.91. The van der Waals surface area contributed by atoms with Crippen molar-refractivity contribution in [2.75, 3.05) is 0 Å². The second kappa shape index (κ2) is 4.49. The van der Waals surface area contributed by atoms with E-state index < -0.39 is 5.97 Å². The summed E-state index contributed by atoms with van der Waals surface area (Å²) in [5.41, 5.74) is 0.775. The Hall–Kier alpha value is -1.61. The molecule has 0 fully saturated rings. The van der Waals surface area contributed by atoms with Crippen molar-refractivity contribution in [1.29, 1.82) is 0 Å². The Morgan fingerprint density at radius 3 is 2.88 bits per heavy atom. The van der Waals surface area contributed by atoms with Crippen LogP contribution in [0, 0.1) is 0 Å². The van der Waals surface area contributed by atoms with Crippen molar-refractivity contribution in [3.63, 3.8) is 0 Å². The third-order valence-corrected chi connectivity index (χ3v) is 2.57. The quantitative estimate of drug-likeness (QED) is 0.890. The van der Waals surface area contributed by atoms with E-state index in [2.05, 4.69) is 4.98 Å². The van der Waals surface area contributed by atoms with Crippen molar-refractivity contribution in [2.24, 2.45) is 0 Å². The van der Waals surface area contributed by atoms with Crippen LogP contribution >= 0.6 is 11.6 Å². The summed E-state index contributed by atoms with van der Waals surface area (Å²) < 4.78 is 0. The highest BCUT2D eigenvalue weighted by Gasteiger charge is 2.02. The van der Waals surface area contributed by atoms with Crippen LogP contribution in [0.5, 0.6) is 0 Å². The first-order valence-corrected chi connectivity index (χ1v) is 5.29. The molecule has 0 amide bonds. The van der Waals surface area contributed by atoms with Crippen molar-refractivity contribution in [1.82, 2.24) is 4.98 Å². The Labute approximate surface area is 97.7 Å². The van der Waals surface area contributed by atoms with Gasteiger partial charge in [0.1, 0.15) is 0 Å². The first kappa shape index (κ1) is 10.9. The second-order valence-electron chi connectivity index (χ2n) is 3.56. The van der Waals surface area contributed by atoms with E-state index in [1.807, 2.05) is 24.3 Å². The predicted molar refractivity (Wildman–Crippen MR) is 62.7 cm³/mol. The van der Waals surface area contributed by atoms with Gasteiger partial charge < -0.3 is 5.11 Å². The maximum absolute atomic E-state index is 10.4. The van der Waals surface area contributed by atoms with Crippen LogP contribution in [0.25, 0.3) is 10.8 Å². The van der Waals surface area contributed by atoms with E-state index >= 15 is 0 Å². The SMILES string of the molecule is O=C(O)CCc1cc2cc(Cl)ccc2cn1. The first-order chi connectivity index (χ1) is 7.65. The standard InChI is InChI=1S/C12H10ClNO2/c13-10-2-1-8-7-14-11(3-4-12(15)16)6-9(8)5-10/h1-2,5-7H,3-4H2,(H,15,16). The fourth-order valence-corrected chi connectivity index (χ4v) is 1.71. The lowest BCUT2D eigenvalue weighted by Crippen LogP contribution is -1.99. The van der Waals surface area contributed by atoms with Gasteiger partial charge in [-0.25, -0.2) is 0 Å². The highest BCUT2D eigenvalue weighted by atomic mass is 35.5. The number of hydrogen-bond acceptors (Lipinski definition) is 2. The Bertz CT molecular complexity index is 540. The van der Waals surface area contributed by atoms with Crippen molar-refractivity contribution < 1.29 is 9.90 Å². The highest BCUT2D eigenvalue weighted by molar-refractivity contribution is 6.31. The van der Waals surface area contributed by atoms with Crippen LogP contribution < -0.4 is 0 Å². The Morgan fingerprint density at radius 2 is 2.12 bits per heavy atom. The van der Waals surface area contributed by atoms with E-state index in [4.69, 9.17) is 16.7 Å². The summed E-state index contributed by atoms with van der Waals surface area (Å²) in [6.45, 7) is 0. The number of carboxylic acids is 1. The second-order valence-corrected chi connectivity index (χ2v) is 4.00. The van der Waals surface area contributed by atoms with Gasteiger partial charge in [-0.3, -0.25) is 9.78 Å². The van der Waals surface area contributed by atoms with Crippen molar-refractivity contribution in [3.05, 3.63) is 41.2 Å². The molecule has 16 heavy (non-hydrogen) atoms. The minimum atomic E-state index is -0.812. The largest absolute Gasteiger partial charge is 0.481 e. The molecule has 1 N–H and O–H groups in total. The number of carbonyl (C=O) groups is 1. The fraction of sp³-hybridized carbons (Fsp3) is 0.167. The van der Waals surface area contributed by atoms with E-state index in [9.17, 15) is 4.79 Å². The van der Waals surface area contributed by atoms with Crippen molar-refractivity contribution >= 4 is 28.3 Å². The molecular weight excluding hydrogens is 226 g/mol. The Kier molecular flexibility index (Phi) is 3.06. The molecule has 3 nitrogen and oxygen atoms in total. The highest BCUT2D eigenvalue weighted by Crippen LogP contribution is 2.19. The molecule has 0 aliphatic rings. The van der Waals surface area contributed by atoms with Gasteiger partial charge in [-0.15, -0.1) is 0 Å². The number of pyridine rings is 1. The predicted octanol–water partition coefficient (Wildman–Crippen LogP) is 2.91. The molecule has 0 aliphatic carbocycles. The third kappa shape index (κ3) is 2.49. The van der Waals surface area contributed by atoms with Crippen LogP contribution in [-0.2, 0) is 11.2 Å². The normalized spacial score (nSPS) is 10.6. The minimum Gasteiger partial charge on any atom is -0.481 e. The van der Waals surface area contributed by atoms with E-state index in [1.54, 1.807) is 6.20 Å². The zero-order chi connectivity index (χ0) is 11.5. The topological polar surface area (TPSA) is 50.2 Å². The van der Waals surface area contributed by atoms with Gasteiger partial charge in [0.05, 0.1) is 6.42 Å². The summed E-state index contributed by atoms with van der Waals surface area (Å²) in [6, 6.07) is 7.43. The minimum absolute atomic E-state index is 0.0963. The summed E-state index contributed by atoms with van der Waals surface area (Å²) in [7, 11) is 0. The number of aliphatic carboxylic acids is 1. The maximum atomic E-state index is 10.4. The molecule has 0 atom stereocenters. The molecule has 0 bridgehead atoms. The zero-order valence-corrected chi connectivity index (χ0v) is 9.24. The van der Waals surface area contributed by atoms with Gasteiger partial charge in [-0.1, -0.05) is 17.7 Å². The average molecular weight is 236 g/mol. The number of carboxylic acid groups (broad SMARTS) is 1. The number of hydrogen-bond donors (Lipinski definition) is 1. The van der Waals surface area contributed by atoms with Crippen LogP contribution in [0.1, 0.15) is 12.1 Å². The van der Waals surface area contributed by atoms with Gasteiger partial charge in [-0.2, -0.15) is 0 Å². The lowest BCUT2D eigenvalue weighted by atomic mass is 10.1. The molecule has 0 unspecified atom stereocenters. The number of aromatic nitrogens is 1. The van der Waals surface area contributed by atoms with Gasteiger partial charge in [0, 0.05) is 28.7 Å². The number of rotatable bonds is 3. The number of nitrogens with zero attached hydrogens (tertiary/aromatic N) is 1. The Morgan fingerprint density at radius 1 is 1.31 bits per heavy atom. The van der Waals surface area contributed by atoms with E-state index in [0.717, 1.165) is 16.5 Å². The van der Waals surface area contributed by atoms with E-state index in [1.165, 1.54) is 0 Å². The maximum Gasteiger partial charge on any atom is 0.303 e. The molecule has 0 radical (unpaired) electrons. The van der Waals surface area contributed by atoms with Gasteiger partial charge in [0.15, 0.2) is 0 Å². The van der Waals surface area contributed by atoms with Crippen molar-refractivity contribution in [3.8, 4) is 0 Å². The molecule has 4 heteroatoms. The van der Waals surface area contributed by atoms with Crippen LogP contribution in [0.15, 0.2) is 30.5 Å².